The number of hydrogen-bond donors (Lipinski definition) is 2. The van der Waals surface area contributed by atoms with Crippen molar-refractivity contribution in [2.75, 3.05) is 12.4 Å². The van der Waals surface area contributed by atoms with Crippen LogP contribution < -0.4 is 15.4 Å². The van der Waals surface area contributed by atoms with Gasteiger partial charge in [-0.05, 0) is 73.1 Å². The summed E-state index contributed by atoms with van der Waals surface area (Å²) in [4.78, 5) is 35.7. The SMILES string of the molecule is COC(=O)CCc1ccc2c(c1)CN[C@H](C(=O)Nc1cc(C)c(OC(C)=O)c(C)c1C)C2. The number of fused-ring (bicyclic) bond motifs is 1. The van der Waals surface area contributed by atoms with Crippen LogP contribution in [-0.2, 0) is 38.5 Å². The van der Waals surface area contributed by atoms with E-state index in [2.05, 4.69) is 16.7 Å². The zero-order valence-corrected chi connectivity index (χ0v) is 19.3. The largest absolute Gasteiger partial charge is 0.469 e. The van der Waals surface area contributed by atoms with Crippen LogP contribution in [0.5, 0.6) is 5.75 Å². The Morgan fingerprint density at radius 2 is 1.84 bits per heavy atom. The summed E-state index contributed by atoms with van der Waals surface area (Å²) >= 11 is 0. The molecule has 0 spiro atoms. The molecule has 3 rings (SSSR count). The Morgan fingerprint density at radius 1 is 1.09 bits per heavy atom. The first kappa shape index (κ1) is 23.5. The predicted octanol–water partition coefficient (Wildman–Crippen LogP) is 3.30. The molecule has 170 valence electrons. The summed E-state index contributed by atoms with van der Waals surface area (Å²) in [7, 11) is 1.39. The molecule has 0 aromatic heterocycles. The third-order valence-corrected chi connectivity index (χ3v) is 5.93. The molecule has 0 aliphatic carbocycles. The zero-order valence-electron chi connectivity index (χ0n) is 19.3. The molecule has 32 heavy (non-hydrogen) atoms. The average molecular weight is 439 g/mol. The summed E-state index contributed by atoms with van der Waals surface area (Å²) in [5, 5.41) is 6.34. The van der Waals surface area contributed by atoms with Crippen LogP contribution in [0, 0.1) is 20.8 Å². The fraction of sp³-hybridized carbons (Fsp3) is 0.400. The molecule has 0 saturated heterocycles. The molecule has 7 nitrogen and oxygen atoms in total. The Hall–Kier alpha value is -3.19. The standard InChI is InChI=1S/C25H30N2O5/c1-14-10-21(15(2)16(3)24(14)32-17(4)28)27-25(30)22-12-19-8-6-18(7-9-23(29)31-5)11-20(19)13-26-22/h6,8,10-11,22,26H,7,9,12-13H2,1-5H3,(H,27,30)/t22-/m0/s1. The van der Waals surface area contributed by atoms with Crippen molar-refractivity contribution in [3.8, 4) is 5.75 Å². The number of anilines is 1. The first-order valence-corrected chi connectivity index (χ1v) is 10.7. The highest BCUT2D eigenvalue weighted by molar-refractivity contribution is 5.96. The lowest BCUT2D eigenvalue weighted by atomic mass is 9.92. The molecule has 1 atom stereocenters. The number of nitrogens with one attached hydrogen (secondary N) is 2. The maximum atomic E-state index is 13.0. The van der Waals surface area contributed by atoms with Crippen molar-refractivity contribution in [2.24, 2.45) is 0 Å². The normalized spacial score (nSPS) is 15.0. The van der Waals surface area contributed by atoms with Crippen LogP contribution in [-0.4, -0.2) is 31.0 Å². The van der Waals surface area contributed by atoms with E-state index in [0.717, 1.165) is 33.4 Å². The molecule has 0 radical (unpaired) electrons. The van der Waals surface area contributed by atoms with E-state index in [9.17, 15) is 14.4 Å². The third kappa shape index (κ3) is 5.34. The number of carbonyl (C=O) groups excluding carboxylic acids is 3. The van der Waals surface area contributed by atoms with E-state index in [0.29, 0.717) is 37.2 Å². The summed E-state index contributed by atoms with van der Waals surface area (Å²) < 4.78 is 10.0. The fourth-order valence-electron chi connectivity index (χ4n) is 3.97. The van der Waals surface area contributed by atoms with Crippen LogP contribution in [0.1, 0.15) is 46.7 Å². The van der Waals surface area contributed by atoms with Gasteiger partial charge >= 0.3 is 11.9 Å². The molecule has 2 N–H and O–H groups in total. The van der Waals surface area contributed by atoms with E-state index in [1.807, 2.05) is 39.0 Å². The van der Waals surface area contributed by atoms with E-state index in [4.69, 9.17) is 9.47 Å². The third-order valence-electron chi connectivity index (χ3n) is 5.93. The molecular formula is C25H30N2O5. The van der Waals surface area contributed by atoms with Gasteiger partial charge in [0, 0.05) is 25.6 Å². The van der Waals surface area contributed by atoms with E-state index < -0.39 is 0 Å². The second-order valence-electron chi connectivity index (χ2n) is 8.22. The quantitative estimate of drug-likeness (QED) is 0.531. The highest BCUT2D eigenvalue weighted by Crippen LogP contribution is 2.32. The predicted molar refractivity (Wildman–Crippen MR) is 122 cm³/mol. The first-order chi connectivity index (χ1) is 15.2. The summed E-state index contributed by atoms with van der Waals surface area (Å²) in [6, 6.07) is 7.62. The molecule has 0 unspecified atom stereocenters. The van der Waals surface area contributed by atoms with Crippen molar-refractivity contribution in [3.05, 3.63) is 57.6 Å². The van der Waals surface area contributed by atoms with Gasteiger partial charge in [-0.1, -0.05) is 18.2 Å². The van der Waals surface area contributed by atoms with Crippen molar-refractivity contribution in [1.82, 2.24) is 5.32 Å². The van der Waals surface area contributed by atoms with Gasteiger partial charge in [0.15, 0.2) is 0 Å². The van der Waals surface area contributed by atoms with Crippen molar-refractivity contribution >= 4 is 23.5 Å². The van der Waals surface area contributed by atoms with Gasteiger partial charge in [-0.15, -0.1) is 0 Å². The minimum atomic E-state index is -0.370. The van der Waals surface area contributed by atoms with Gasteiger partial charge in [0.05, 0.1) is 13.2 Å². The number of amides is 1. The van der Waals surface area contributed by atoms with Crippen LogP contribution >= 0.6 is 0 Å². The van der Waals surface area contributed by atoms with Gasteiger partial charge < -0.3 is 20.1 Å². The molecule has 0 fully saturated rings. The Morgan fingerprint density at radius 3 is 2.53 bits per heavy atom. The van der Waals surface area contributed by atoms with Crippen LogP contribution in [0.3, 0.4) is 0 Å². The molecule has 0 saturated carbocycles. The Labute approximate surface area is 188 Å². The van der Waals surface area contributed by atoms with Gasteiger partial charge in [-0.25, -0.2) is 0 Å². The Balaban J connectivity index is 1.69. The van der Waals surface area contributed by atoms with Crippen molar-refractivity contribution in [2.45, 2.75) is 59.5 Å². The number of ether oxygens (including phenoxy) is 2. The minimum Gasteiger partial charge on any atom is -0.469 e. The van der Waals surface area contributed by atoms with Gasteiger partial charge in [0.1, 0.15) is 5.75 Å². The van der Waals surface area contributed by atoms with E-state index in [-0.39, 0.29) is 23.9 Å². The smallest absolute Gasteiger partial charge is 0.308 e. The first-order valence-electron chi connectivity index (χ1n) is 10.7. The van der Waals surface area contributed by atoms with Crippen LogP contribution in [0.2, 0.25) is 0 Å². The summed E-state index contributed by atoms with van der Waals surface area (Å²) in [5.41, 5.74) is 6.55. The molecule has 2 aromatic carbocycles. The number of methoxy groups -OCH3 is 1. The van der Waals surface area contributed by atoms with Gasteiger partial charge in [0.25, 0.3) is 0 Å². The van der Waals surface area contributed by atoms with E-state index >= 15 is 0 Å². The molecule has 0 bridgehead atoms. The fourth-order valence-corrected chi connectivity index (χ4v) is 3.97. The van der Waals surface area contributed by atoms with Gasteiger partial charge in [-0.2, -0.15) is 0 Å². The Bertz CT molecular complexity index is 1060. The summed E-state index contributed by atoms with van der Waals surface area (Å²) in [5.74, 6) is -0.154. The molecule has 1 aliphatic rings. The lowest BCUT2D eigenvalue weighted by Gasteiger charge is -2.26. The highest BCUT2D eigenvalue weighted by atomic mass is 16.5. The maximum Gasteiger partial charge on any atom is 0.308 e. The van der Waals surface area contributed by atoms with Crippen molar-refractivity contribution < 1.29 is 23.9 Å². The van der Waals surface area contributed by atoms with Gasteiger partial charge in [-0.3, -0.25) is 14.4 Å². The van der Waals surface area contributed by atoms with E-state index in [1.165, 1.54) is 14.0 Å². The van der Waals surface area contributed by atoms with Crippen molar-refractivity contribution in [1.29, 1.82) is 0 Å². The van der Waals surface area contributed by atoms with Crippen LogP contribution in [0.25, 0.3) is 0 Å². The monoisotopic (exact) mass is 438 g/mol. The zero-order chi connectivity index (χ0) is 23.4. The minimum absolute atomic E-state index is 0.104. The lowest BCUT2D eigenvalue weighted by molar-refractivity contribution is -0.140. The van der Waals surface area contributed by atoms with Crippen LogP contribution in [0.4, 0.5) is 5.69 Å². The second kappa shape index (κ2) is 9.96. The number of aryl methyl sites for hydroxylation is 2. The second-order valence-corrected chi connectivity index (χ2v) is 8.22. The number of esters is 2. The molecule has 2 aromatic rings. The average Bonchev–Trinajstić information content (AvgIpc) is 2.77. The van der Waals surface area contributed by atoms with Crippen LogP contribution in [0.15, 0.2) is 24.3 Å². The number of rotatable bonds is 6. The molecule has 1 heterocycles. The molecular weight excluding hydrogens is 408 g/mol. The van der Waals surface area contributed by atoms with E-state index in [1.54, 1.807) is 0 Å². The number of hydrogen-bond acceptors (Lipinski definition) is 6. The maximum absolute atomic E-state index is 13.0. The molecule has 1 aliphatic heterocycles. The molecule has 1 amide bonds. The topological polar surface area (TPSA) is 93.7 Å². The Kier molecular flexibility index (Phi) is 7.30. The number of benzene rings is 2. The van der Waals surface area contributed by atoms with Gasteiger partial charge in [0.2, 0.25) is 5.91 Å². The van der Waals surface area contributed by atoms with Crippen molar-refractivity contribution in [3.63, 3.8) is 0 Å². The summed E-state index contributed by atoms with van der Waals surface area (Å²) in [6.45, 7) is 7.59. The lowest BCUT2D eigenvalue weighted by Crippen LogP contribution is -2.44. The number of carbonyl (C=O) groups is 3. The highest BCUT2D eigenvalue weighted by Gasteiger charge is 2.25. The molecule has 7 heteroatoms. The summed E-state index contributed by atoms with van der Waals surface area (Å²) in [6.07, 6.45) is 1.56.